The lowest BCUT2D eigenvalue weighted by Gasteiger charge is -2.24. The molecule has 1 unspecified atom stereocenters. The van der Waals surface area contributed by atoms with Crippen molar-refractivity contribution in [2.75, 3.05) is 0 Å². The molecule has 1 aliphatic heterocycles. The molecule has 0 amide bonds. The van der Waals surface area contributed by atoms with Gasteiger partial charge >= 0.3 is 0 Å². The summed E-state index contributed by atoms with van der Waals surface area (Å²) in [7, 11) is 0. The first-order valence-corrected chi connectivity index (χ1v) is 8.03. The molecule has 0 saturated carbocycles. The van der Waals surface area contributed by atoms with Gasteiger partial charge in [-0.15, -0.1) is 0 Å². The van der Waals surface area contributed by atoms with Crippen molar-refractivity contribution in [2.45, 2.75) is 6.10 Å². The summed E-state index contributed by atoms with van der Waals surface area (Å²) < 4.78 is 46.7. The second-order valence-electron chi connectivity index (χ2n) is 6.14. The number of nitrogens with zero attached hydrogens (tertiary/aromatic N) is 2. The van der Waals surface area contributed by atoms with E-state index in [0.717, 1.165) is 0 Å². The van der Waals surface area contributed by atoms with Crippen LogP contribution in [0.2, 0.25) is 0 Å². The molecule has 4 rings (SSSR count). The fourth-order valence-electron chi connectivity index (χ4n) is 3.18. The molecule has 8 heteroatoms. The first-order valence-electron chi connectivity index (χ1n) is 8.03. The summed E-state index contributed by atoms with van der Waals surface area (Å²) in [6.45, 7) is 0. The van der Waals surface area contributed by atoms with Gasteiger partial charge in [-0.3, -0.25) is 10.1 Å². The van der Waals surface area contributed by atoms with Crippen LogP contribution in [0.15, 0.2) is 48.2 Å². The molecule has 1 aliphatic rings. The van der Waals surface area contributed by atoms with Crippen LogP contribution < -0.4 is 4.74 Å². The summed E-state index contributed by atoms with van der Waals surface area (Å²) in [6, 6.07) is 10.9. The summed E-state index contributed by atoms with van der Waals surface area (Å²) in [5.41, 5.74) is -0.195. The summed E-state index contributed by atoms with van der Waals surface area (Å²) in [5.74, 6) is -3.67. The van der Waals surface area contributed by atoms with Crippen molar-refractivity contribution >= 4 is 16.8 Å². The van der Waals surface area contributed by atoms with Crippen LogP contribution in [0.5, 0.6) is 5.75 Å². The van der Waals surface area contributed by atoms with E-state index >= 15 is 0 Å². The molecular weight excluding hydrogens is 373 g/mol. The number of ether oxygens (including phenoxy) is 1. The third-order valence-corrected chi connectivity index (χ3v) is 4.49. The molecule has 0 aliphatic carbocycles. The lowest BCUT2D eigenvalue weighted by molar-refractivity contribution is -0.434. The van der Waals surface area contributed by atoms with E-state index in [0.29, 0.717) is 34.0 Å². The molecule has 0 fully saturated rings. The van der Waals surface area contributed by atoms with Gasteiger partial charge in [0.2, 0.25) is 6.10 Å². The van der Waals surface area contributed by atoms with E-state index in [4.69, 9.17) is 10.00 Å². The van der Waals surface area contributed by atoms with Gasteiger partial charge in [-0.2, -0.15) is 5.26 Å². The number of fused-ring (bicyclic) bond motifs is 3. The lowest BCUT2D eigenvalue weighted by Crippen LogP contribution is -2.21. The third kappa shape index (κ3) is 2.74. The average Bonchev–Trinajstić information content (AvgIpc) is 2.69. The summed E-state index contributed by atoms with van der Waals surface area (Å²) in [5, 5.41) is 21.8. The van der Waals surface area contributed by atoms with Crippen molar-refractivity contribution in [2.24, 2.45) is 0 Å². The largest absolute Gasteiger partial charge is 0.474 e. The second kappa shape index (κ2) is 6.39. The van der Waals surface area contributed by atoms with Gasteiger partial charge in [0.1, 0.15) is 11.6 Å². The Morgan fingerprint density at radius 3 is 2.50 bits per heavy atom. The van der Waals surface area contributed by atoms with E-state index in [9.17, 15) is 23.3 Å². The molecule has 138 valence electrons. The SMILES string of the molecule is N#Cc1ccc2c3c(ccc2c1)OC(c1cc(F)c(F)cc1F)C([N+](=O)[O-])=C3. The maximum atomic E-state index is 14.2. The number of hydrogen-bond acceptors (Lipinski definition) is 4. The van der Waals surface area contributed by atoms with Crippen molar-refractivity contribution in [3.63, 3.8) is 0 Å². The molecular formula is C20H9F3N2O3. The molecule has 0 spiro atoms. The molecule has 28 heavy (non-hydrogen) atoms. The zero-order chi connectivity index (χ0) is 20.0. The Kier molecular flexibility index (Phi) is 4.00. The zero-order valence-corrected chi connectivity index (χ0v) is 13.9. The van der Waals surface area contributed by atoms with Crippen LogP contribution in [0.3, 0.4) is 0 Å². The highest BCUT2D eigenvalue weighted by molar-refractivity contribution is 5.94. The highest BCUT2D eigenvalue weighted by Gasteiger charge is 2.36. The van der Waals surface area contributed by atoms with Gasteiger partial charge in [0, 0.05) is 23.3 Å². The monoisotopic (exact) mass is 382 g/mol. The van der Waals surface area contributed by atoms with Crippen LogP contribution in [0.4, 0.5) is 13.2 Å². The van der Waals surface area contributed by atoms with Crippen LogP contribution in [0.1, 0.15) is 22.8 Å². The number of rotatable bonds is 2. The Labute approximate surface area is 156 Å². The van der Waals surface area contributed by atoms with Crippen LogP contribution in [-0.2, 0) is 0 Å². The number of nitro groups is 1. The van der Waals surface area contributed by atoms with Crippen LogP contribution >= 0.6 is 0 Å². The fourth-order valence-corrected chi connectivity index (χ4v) is 3.18. The van der Waals surface area contributed by atoms with Crippen molar-refractivity contribution in [3.05, 3.63) is 92.4 Å². The Balaban J connectivity index is 1.92. The average molecular weight is 382 g/mol. The van der Waals surface area contributed by atoms with E-state index in [2.05, 4.69) is 0 Å². The van der Waals surface area contributed by atoms with Gasteiger partial charge < -0.3 is 4.74 Å². The predicted octanol–water partition coefficient (Wildman–Crippen LogP) is 4.88. The molecule has 1 atom stereocenters. The zero-order valence-electron chi connectivity index (χ0n) is 13.9. The number of benzene rings is 3. The maximum absolute atomic E-state index is 14.2. The number of nitriles is 1. The van der Waals surface area contributed by atoms with Crippen LogP contribution in [0.25, 0.3) is 16.8 Å². The predicted molar refractivity (Wildman–Crippen MR) is 93.3 cm³/mol. The van der Waals surface area contributed by atoms with Crippen LogP contribution in [-0.4, -0.2) is 4.92 Å². The normalized spacial score (nSPS) is 15.4. The number of hydrogen-bond donors (Lipinski definition) is 0. The third-order valence-electron chi connectivity index (χ3n) is 4.49. The quantitative estimate of drug-likeness (QED) is 0.360. The Hall–Kier alpha value is -3.86. The molecule has 3 aromatic carbocycles. The minimum atomic E-state index is -1.55. The van der Waals surface area contributed by atoms with Crippen molar-refractivity contribution in [1.29, 1.82) is 5.26 Å². The van der Waals surface area contributed by atoms with E-state index in [1.165, 1.54) is 12.1 Å². The second-order valence-corrected chi connectivity index (χ2v) is 6.14. The van der Waals surface area contributed by atoms with E-state index in [-0.39, 0.29) is 5.75 Å². The Morgan fingerprint density at radius 1 is 1.04 bits per heavy atom. The maximum Gasteiger partial charge on any atom is 0.291 e. The highest BCUT2D eigenvalue weighted by Crippen LogP contribution is 2.41. The molecule has 0 bridgehead atoms. The van der Waals surface area contributed by atoms with Gasteiger partial charge in [0.25, 0.3) is 5.70 Å². The fraction of sp³-hybridized carbons (Fsp3) is 0.0500. The van der Waals surface area contributed by atoms with E-state index in [1.54, 1.807) is 24.3 Å². The highest BCUT2D eigenvalue weighted by atomic mass is 19.2. The van der Waals surface area contributed by atoms with E-state index in [1.807, 2.05) is 6.07 Å². The van der Waals surface area contributed by atoms with Gasteiger partial charge in [-0.25, -0.2) is 13.2 Å². The first kappa shape index (κ1) is 17.5. The molecule has 0 saturated heterocycles. The topological polar surface area (TPSA) is 76.2 Å². The number of halogens is 3. The minimum Gasteiger partial charge on any atom is -0.474 e. The Morgan fingerprint density at radius 2 is 1.79 bits per heavy atom. The molecule has 3 aromatic rings. The minimum absolute atomic E-state index is 0.219. The molecule has 0 N–H and O–H groups in total. The van der Waals surface area contributed by atoms with E-state index < -0.39 is 39.7 Å². The standard InChI is InChI=1S/C20H9F3N2O3/c21-15-8-17(23)16(22)6-14(15)20-18(25(26)27)7-13-12-3-1-10(9-24)5-11(12)2-4-19(13)28-20/h1-8,20H. The molecule has 5 nitrogen and oxygen atoms in total. The van der Waals surface area contributed by atoms with Crippen LogP contribution in [0, 0.1) is 38.9 Å². The molecule has 0 radical (unpaired) electrons. The van der Waals surface area contributed by atoms with Crippen molar-refractivity contribution < 1.29 is 22.8 Å². The summed E-state index contributed by atoms with van der Waals surface area (Å²) in [4.78, 5) is 10.8. The van der Waals surface area contributed by atoms with Gasteiger partial charge in [0.05, 0.1) is 16.6 Å². The smallest absolute Gasteiger partial charge is 0.291 e. The van der Waals surface area contributed by atoms with Crippen molar-refractivity contribution in [3.8, 4) is 11.8 Å². The van der Waals surface area contributed by atoms with Gasteiger partial charge in [-0.05, 0) is 35.0 Å². The molecule has 1 heterocycles. The van der Waals surface area contributed by atoms with Crippen molar-refractivity contribution in [1.82, 2.24) is 0 Å². The Bertz CT molecular complexity index is 1230. The summed E-state index contributed by atoms with van der Waals surface area (Å²) >= 11 is 0. The lowest BCUT2D eigenvalue weighted by atomic mass is 9.96. The van der Waals surface area contributed by atoms with Gasteiger partial charge in [-0.1, -0.05) is 12.1 Å². The summed E-state index contributed by atoms with van der Waals surface area (Å²) in [6.07, 6.45) is -0.327. The molecule has 0 aromatic heterocycles. The van der Waals surface area contributed by atoms with Gasteiger partial charge in [0.15, 0.2) is 11.6 Å². The first-order chi connectivity index (χ1) is 13.4.